The fourth-order valence-corrected chi connectivity index (χ4v) is 5.71. The highest BCUT2D eigenvalue weighted by Crippen LogP contribution is 2.28. The summed E-state index contributed by atoms with van der Waals surface area (Å²) in [5, 5.41) is 12.7. The van der Waals surface area contributed by atoms with E-state index < -0.39 is 15.3 Å². The number of amides is 1. The Balaban J connectivity index is 1.28. The number of hydrogen-bond donors (Lipinski definition) is 2. The van der Waals surface area contributed by atoms with Crippen molar-refractivity contribution in [2.75, 3.05) is 5.32 Å². The van der Waals surface area contributed by atoms with Crippen LogP contribution in [0.25, 0.3) is 16.6 Å². The topological polar surface area (TPSA) is 119 Å². The summed E-state index contributed by atoms with van der Waals surface area (Å²) in [6, 6.07) is 21.3. The molecule has 0 fully saturated rings. The number of pyridine rings is 1. The van der Waals surface area contributed by atoms with E-state index in [1.54, 1.807) is 24.3 Å². The summed E-state index contributed by atoms with van der Waals surface area (Å²) >= 11 is 1.34. The van der Waals surface area contributed by atoms with Crippen LogP contribution in [0, 0.1) is 0 Å². The second-order valence-corrected chi connectivity index (χ2v) is 10.9. The monoisotopic (exact) mass is 521 g/mol. The van der Waals surface area contributed by atoms with Crippen molar-refractivity contribution in [3.8, 4) is 0 Å². The average Bonchev–Trinajstić information content (AvgIpc) is 3.56. The summed E-state index contributed by atoms with van der Waals surface area (Å²) in [5.74, 6) is 0.310. The molecule has 11 heteroatoms. The molecule has 0 aliphatic rings. The first kappa shape index (κ1) is 24.0. The van der Waals surface area contributed by atoms with Crippen LogP contribution < -0.4 is 10.0 Å². The molecule has 2 aromatic carbocycles. The van der Waals surface area contributed by atoms with Gasteiger partial charge in [-0.3, -0.25) is 9.20 Å². The van der Waals surface area contributed by atoms with Crippen molar-refractivity contribution < 1.29 is 17.6 Å². The van der Waals surface area contributed by atoms with Crippen LogP contribution in [-0.2, 0) is 21.4 Å². The molecule has 9 nitrogen and oxygen atoms in total. The predicted octanol–water partition coefficient (Wildman–Crippen LogP) is 4.46. The highest BCUT2D eigenvalue weighted by Gasteiger charge is 2.22. The molecule has 36 heavy (non-hydrogen) atoms. The lowest BCUT2D eigenvalue weighted by atomic mass is 10.2. The first-order chi connectivity index (χ1) is 17.4. The second-order valence-electron chi connectivity index (χ2n) is 8.00. The molecule has 0 aliphatic heterocycles. The number of nitrogens with zero attached hydrogens (tertiary/aromatic N) is 3. The molecule has 0 bridgehead atoms. The maximum absolute atomic E-state index is 13.1. The minimum absolute atomic E-state index is 0.0514. The van der Waals surface area contributed by atoms with Crippen LogP contribution in [0.4, 0.5) is 5.69 Å². The summed E-state index contributed by atoms with van der Waals surface area (Å²) in [4.78, 5) is 13.1. The molecule has 184 valence electrons. The maximum atomic E-state index is 13.1. The molecular formula is C25H23N5O4S2. The van der Waals surface area contributed by atoms with Gasteiger partial charge in [0.2, 0.25) is 15.9 Å². The number of aromatic nitrogens is 3. The standard InChI is InChI=1S/C25H23N5O4S2/c1-2-22(35-25-29-28-23-14-9-17-6-3-4-8-21(17)30(23)25)24(31)27-18-10-12-20(13-11-18)36(32,33)26-16-19-7-5-15-34-19/h3-15,22,26H,2,16H2,1H3,(H,27,31). The van der Waals surface area contributed by atoms with E-state index in [1.165, 1.54) is 30.2 Å². The van der Waals surface area contributed by atoms with Gasteiger partial charge in [0, 0.05) is 5.69 Å². The van der Waals surface area contributed by atoms with Gasteiger partial charge in [-0.25, -0.2) is 13.1 Å². The Labute approximate surface area is 212 Å². The van der Waals surface area contributed by atoms with Crippen LogP contribution in [0.2, 0.25) is 0 Å². The van der Waals surface area contributed by atoms with Gasteiger partial charge < -0.3 is 9.73 Å². The van der Waals surface area contributed by atoms with Crippen molar-refractivity contribution in [3.63, 3.8) is 0 Å². The average molecular weight is 522 g/mol. The third kappa shape index (κ3) is 4.99. The number of nitrogens with one attached hydrogen (secondary N) is 2. The van der Waals surface area contributed by atoms with Gasteiger partial charge in [-0.15, -0.1) is 10.2 Å². The van der Waals surface area contributed by atoms with E-state index in [4.69, 9.17) is 4.42 Å². The van der Waals surface area contributed by atoms with Crippen molar-refractivity contribution in [1.29, 1.82) is 0 Å². The SMILES string of the molecule is CCC(Sc1nnc2ccc3ccccc3n12)C(=O)Nc1ccc(S(=O)(=O)NCc2ccco2)cc1. The molecule has 3 aromatic heterocycles. The maximum Gasteiger partial charge on any atom is 0.240 e. The molecular weight excluding hydrogens is 498 g/mol. The van der Waals surface area contributed by atoms with E-state index in [2.05, 4.69) is 20.2 Å². The summed E-state index contributed by atoms with van der Waals surface area (Å²) in [6.45, 7) is 1.98. The van der Waals surface area contributed by atoms with Gasteiger partial charge in [-0.1, -0.05) is 36.9 Å². The zero-order chi connectivity index (χ0) is 25.1. The van der Waals surface area contributed by atoms with Crippen LogP contribution in [0.1, 0.15) is 19.1 Å². The third-order valence-electron chi connectivity index (χ3n) is 5.61. The van der Waals surface area contributed by atoms with Crippen LogP contribution in [0.3, 0.4) is 0 Å². The molecule has 2 N–H and O–H groups in total. The van der Waals surface area contributed by atoms with Gasteiger partial charge in [0.1, 0.15) is 5.76 Å². The Morgan fingerprint density at radius 1 is 1.03 bits per heavy atom. The van der Waals surface area contributed by atoms with E-state index >= 15 is 0 Å². The van der Waals surface area contributed by atoms with E-state index in [-0.39, 0.29) is 17.3 Å². The molecule has 0 radical (unpaired) electrons. The number of sulfonamides is 1. The largest absolute Gasteiger partial charge is 0.468 e. The van der Waals surface area contributed by atoms with Crippen molar-refractivity contribution >= 4 is 49.9 Å². The molecule has 0 aliphatic carbocycles. The normalized spacial score (nSPS) is 12.7. The smallest absolute Gasteiger partial charge is 0.240 e. The number of fused-ring (bicyclic) bond motifs is 3. The zero-order valence-corrected chi connectivity index (χ0v) is 20.9. The van der Waals surface area contributed by atoms with Crippen LogP contribution in [-0.4, -0.2) is 34.2 Å². The Hall–Kier alpha value is -3.67. The number of hydrogen-bond acceptors (Lipinski definition) is 7. The summed E-state index contributed by atoms with van der Waals surface area (Å²) < 4.78 is 34.7. The summed E-state index contributed by atoms with van der Waals surface area (Å²) in [7, 11) is -3.72. The molecule has 0 spiro atoms. The first-order valence-corrected chi connectivity index (χ1v) is 13.6. The second kappa shape index (κ2) is 10.1. The Bertz CT molecular complexity index is 1610. The lowest BCUT2D eigenvalue weighted by Gasteiger charge is -2.14. The quantitative estimate of drug-likeness (QED) is 0.275. The zero-order valence-electron chi connectivity index (χ0n) is 19.3. The number of thioether (sulfide) groups is 1. The van der Waals surface area contributed by atoms with Crippen molar-refractivity contribution in [3.05, 3.63) is 84.8 Å². The molecule has 1 atom stereocenters. The van der Waals surface area contributed by atoms with Gasteiger partial charge in [0.15, 0.2) is 10.8 Å². The molecule has 1 amide bonds. The number of anilines is 1. The Morgan fingerprint density at radius 2 is 1.83 bits per heavy atom. The van der Waals surface area contributed by atoms with E-state index in [0.29, 0.717) is 28.7 Å². The fraction of sp³-hybridized carbons (Fsp3) is 0.160. The van der Waals surface area contributed by atoms with E-state index in [1.807, 2.05) is 47.7 Å². The summed E-state index contributed by atoms with van der Waals surface area (Å²) in [5.41, 5.74) is 2.18. The van der Waals surface area contributed by atoms with Gasteiger partial charge in [-0.05, 0) is 66.4 Å². The molecule has 1 unspecified atom stereocenters. The Morgan fingerprint density at radius 3 is 2.58 bits per heavy atom. The predicted molar refractivity (Wildman–Crippen MR) is 138 cm³/mol. The van der Waals surface area contributed by atoms with Crippen LogP contribution in [0.5, 0.6) is 0 Å². The Kier molecular flexibility index (Phi) is 6.77. The molecule has 3 heterocycles. The number of benzene rings is 2. The molecule has 5 aromatic rings. The number of carbonyl (C=O) groups excluding carboxylic acids is 1. The van der Waals surface area contributed by atoms with Gasteiger partial charge in [0.25, 0.3) is 0 Å². The number of carbonyl (C=O) groups is 1. The van der Waals surface area contributed by atoms with E-state index in [9.17, 15) is 13.2 Å². The minimum Gasteiger partial charge on any atom is -0.468 e. The van der Waals surface area contributed by atoms with Crippen LogP contribution in [0.15, 0.2) is 93.5 Å². The van der Waals surface area contributed by atoms with Gasteiger partial charge >= 0.3 is 0 Å². The third-order valence-corrected chi connectivity index (χ3v) is 8.33. The number of furan rings is 1. The van der Waals surface area contributed by atoms with Gasteiger partial charge in [0.05, 0.1) is 28.5 Å². The molecule has 0 saturated carbocycles. The first-order valence-electron chi connectivity index (χ1n) is 11.3. The lowest BCUT2D eigenvalue weighted by Crippen LogP contribution is -2.25. The highest BCUT2D eigenvalue weighted by atomic mass is 32.2. The lowest BCUT2D eigenvalue weighted by molar-refractivity contribution is -0.115. The number of rotatable bonds is 9. The number of para-hydroxylation sites is 1. The summed E-state index contributed by atoms with van der Waals surface area (Å²) in [6.07, 6.45) is 2.05. The fourth-order valence-electron chi connectivity index (χ4n) is 3.74. The van der Waals surface area contributed by atoms with Gasteiger partial charge in [-0.2, -0.15) is 0 Å². The van der Waals surface area contributed by atoms with Crippen molar-refractivity contribution in [1.82, 2.24) is 19.3 Å². The van der Waals surface area contributed by atoms with Crippen LogP contribution >= 0.6 is 11.8 Å². The molecule has 5 rings (SSSR count). The minimum atomic E-state index is -3.72. The van der Waals surface area contributed by atoms with E-state index in [0.717, 1.165) is 10.9 Å². The molecule has 0 saturated heterocycles. The van der Waals surface area contributed by atoms with Crippen molar-refractivity contribution in [2.24, 2.45) is 0 Å². The highest BCUT2D eigenvalue weighted by molar-refractivity contribution is 8.00. The van der Waals surface area contributed by atoms with Crippen molar-refractivity contribution in [2.45, 2.75) is 35.2 Å².